The van der Waals surface area contributed by atoms with Gasteiger partial charge in [-0.2, -0.15) is 0 Å². The predicted octanol–water partition coefficient (Wildman–Crippen LogP) is 4.53. The van der Waals surface area contributed by atoms with E-state index in [1.807, 2.05) is 19.1 Å². The third-order valence-electron chi connectivity index (χ3n) is 6.05. The van der Waals surface area contributed by atoms with Gasteiger partial charge in [0.1, 0.15) is 0 Å². The van der Waals surface area contributed by atoms with Crippen LogP contribution in [-0.2, 0) is 4.74 Å². The van der Waals surface area contributed by atoms with Gasteiger partial charge in [-0.1, -0.05) is 35.7 Å². The van der Waals surface area contributed by atoms with E-state index in [0.29, 0.717) is 34.1 Å². The normalized spacial score (nSPS) is 30.7. The van der Waals surface area contributed by atoms with E-state index in [1.165, 1.54) is 19.3 Å². The second-order valence-corrected chi connectivity index (χ2v) is 8.17. The monoisotopic (exact) mass is 495 g/mol. The van der Waals surface area contributed by atoms with Gasteiger partial charge in [0.05, 0.1) is 18.2 Å². The minimum Gasteiger partial charge on any atom is -0.377 e. The van der Waals surface area contributed by atoms with Crippen LogP contribution in [0.1, 0.15) is 44.2 Å². The molecule has 0 aromatic heterocycles. The van der Waals surface area contributed by atoms with Gasteiger partial charge in [0.25, 0.3) is 0 Å². The standard InChI is InChI=1S/C18H23Cl2N3O.HI/c1-10(12-4-3-11(19)9-14(12)20)22-17(21)23-15-13-5-8-24-16(13)18(15)6-2-7-18;/h3-4,9-10,13,15-16H,2,5-8H2,1H3,(H3,21,22,23);1H. The summed E-state index contributed by atoms with van der Waals surface area (Å²) in [4.78, 5) is 4.85. The number of hydrogen-bond donors (Lipinski definition) is 2. The Hall–Kier alpha value is -0.240. The first-order valence-electron chi connectivity index (χ1n) is 8.67. The number of fused-ring (bicyclic) bond motifs is 2. The second kappa shape index (κ2) is 7.41. The number of benzene rings is 1. The number of nitrogens with one attached hydrogen (secondary N) is 1. The van der Waals surface area contributed by atoms with Crippen LogP contribution in [0.3, 0.4) is 0 Å². The van der Waals surface area contributed by atoms with E-state index in [9.17, 15) is 0 Å². The molecule has 3 fully saturated rings. The van der Waals surface area contributed by atoms with Crippen molar-refractivity contribution in [2.45, 2.75) is 50.8 Å². The molecule has 4 nitrogen and oxygen atoms in total. The maximum absolute atomic E-state index is 6.28. The minimum absolute atomic E-state index is 0. The van der Waals surface area contributed by atoms with Crippen LogP contribution in [0.2, 0.25) is 10.0 Å². The van der Waals surface area contributed by atoms with E-state index in [2.05, 4.69) is 5.32 Å². The molecule has 3 N–H and O–H groups in total. The summed E-state index contributed by atoms with van der Waals surface area (Å²) in [5.41, 5.74) is 7.44. The molecular formula is C18H24Cl2IN3O. The SMILES string of the molecule is CC(NC(N)=NC1C2CCOC2C12CCC2)c1ccc(Cl)cc1Cl.I. The Morgan fingerprint density at radius 2 is 2.16 bits per heavy atom. The number of guanidine groups is 1. The first-order valence-corrected chi connectivity index (χ1v) is 9.43. The van der Waals surface area contributed by atoms with Crippen LogP contribution in [0, 0.1) is 11.3 Å². The predicted molar refractivity (Wildman–Crippen MR) is 113 cm³/mol. The van der Waals surface area contributed by atoms with Gasteiger partial charge in [0, 0.05) is 28.0 Å². The lowest BCUT2D eigenvalue weighted by atomic mass is 9.46. The van der Waals surface area contributed by atoms with Crippen LogP contribution in [-0.4, -0.2) is 24.7 Å². The van der Waals surface area contributed by atoms with Crippen LogP contribution < -0.4 is 11.1 Å². The average molecular weight is 496 g/mol. The van der Waals surface area contributed by atoms with Crippen molar-refractivity contribution in [1.82, 2.24) is 5.32 Å². The lowest BCUT2D eigenvalue weighted by Crippen LogP contribution is -2.66. The van der Waals surface area contributed by atoms with Crippen molar-refractivity contribution in [3.05, 3.63) is 33.8 Å². The minimum atomic E-state index is -0.0217. The van der Waals surface area contributed by atoms with Crippen LogP contribution in [0.25, 0.3) is 0 Å². The number of halogens is 3. The fraction of sp³-hybridized carbons (Fsp3) is 0.611. The summed E-state index contributed by atoms with van der Waals surface area (Å²) in [6.45, 7) is 2.89. The van der Waals surface area contributed by atoms with Gasteiger partial charge in [-0.05, 0) is 43.9 Å². The summed E-state index contributed by atoms with van der Waals surface area (Å²) >= 11 is 12.2. The highest BCUT2D eigenvalue weighted by atomic mass is 127. The molecule has 138 valence electrons. The summed E-state index contributed by atoms with van der Waals surface area (Å²) in [6.07, 6.45) is 5.23. The quantitative estimate of drug-likeness (QED) is 0.368. The van der Waals surface area contributed by atoms with E-state index in [1.54, 1.807) is 6.07 Å². The highest BCUT2D eigenvalue weighted by Gasteiger charge is 2.66. The molecule has 1 heterocycles. The Bertz CT molecular complexity index is 680. The van der Waals surface area contributed by atoms with Crippen LogP contribution in [0.4, 0.5) is 0 Å². The molecule has 1 saturated heterocycles. The third kappa shape index (κ3) is 3.26. The zero-order valence-corrected chi connectivity index (χ0v) is 18.0. The van der Waals surface area contributed by atoms with Gasteiger partial charge in [-0.3, -0.25) is 0 Å². The van der Waals surface area contributed by atoms with Gasteiger partial charge < -0.3 is 15.8 Å². The van der Waals surface area contributed by atoms with Crippen molar-refractivity contribution >= 4 is 53.1 Å². The Morgan fingerprint density at radius 3 is 2.80 bits per heavy atom. The summed E-state index contributed by atoms with van der Waals surface area (Å²) in [6, 6.07) is 5.79. The number of hydrogen-bond acceptors (Lipinski definition) is 2. The molecule has 1 aliphatic heterocycles. The molecule has 25 heavy (non-hydrogen) atoms. The smallest absolute Gasteiger partial charge is 0.189 e. The Kier molecular flexibility index (Phi) is 5.78. The van der Waals surface area contributed by atoms with Crippen LogP contribution in [0.5, 0.6) is 0 Å². The molecular weight excluding hydrogens is 472 g/mol. The van der Waals surface area contributed by atoms with Crippen LogP contribution >= 0.6 is 47.2 Å². The summed E-state index contributed by atoms with van der Waals surface area (Å²) in [7, 11) is 0. The summed E-state index contributed by atoms with van der Waals surface area (Å²) < 4.78 is 5.94. The number of rotatable bonds is 3. The van der Waals surface area contributed by atoms with Gasteiger partial charge in [-0.25, -0.2) is 4.99 Å². The molecule has 3 aliphatic rings. The zero-order valence-electron chi connectivity index (χ0n) is 14.2. The van der Waals surface area contributed by atoms with E-state index in [0.717, 1.165) is 18.6 Å². The fourth-order valence-corrected chi connectivity index (χ4v) is 5.30. The largest absolute Gasteiger partial charge is 0.377 e. The molecule has 4 unspecified atom stereocenters. The highest BCUT2D eigenvalue weighted by Crippen LogP contribution is 2.64. The lowest BCUT2D eigenvalue weighted by Gasteiger charge is -2.61. The van der Waals surface area contributed by atoms with Gasteiger partial charge in [-0.15, -0.1) is 24.0 Å². The van der Waals surface area contributed by atoms with Crippen molar-refractivity contribution in [2.75, 3.05) is 6.61 Å². The van der Waals surface area contributed by atoms with Gasteiger partial charge in [0.15, 0.2) is 5.96 Å². The van der Waals surface area contributed by atoms with Crippen LogP contribution in [0.15, 0.2) is 23.2 Å². The summed E-state index contributed by atoms with van der Waals surface area (Å²) in [5.74, 6) is 1.04. The second-order valence-electron chi connectivity index (χ2n) is 7.32. The molecule has 1 aromatic rings. The first kappa shape index (κ1) is 19.5. The topological polar surface area (TPSA) is 59.6 Å². The highest BCUT2D eigenvalue weighted by molar-refractivity contribution is 14.0. The van der Waals surface area contributed by atoms with Gasteiger partial charge >= 0.3 is 0 Å². The van der Waals surface area contributed by atoms with E-state index in [-0.39, 0.29) is 35.4 Å². The number of nitrogens with zero attached hydrogens (tertiary/aromatic N) is 1. The maximum Gasteiger partial charge on any atom is 0.189 e. The maximum atomic E-state index is 6.28. The Labute approximate surface area is 175 Å². The number of ether oxygens (including phenoxy) is 1. The molecule has 1 aromatic carbocycles. The Balaban J connectivity index is 0.00000182. The molecule has 4 atom stereocenters. The van der Waals surface area contributed by atoms with Gasteiger partial charge in [0.2, 0.25) is 0 Å². The van der Waals surface area contributed by atoms with E-state index < -0.39 is 0 Å². The van der Waals surface area contributed by atoms with Crippen molar-refractivity contribution in [3.8, 4) is 0 Å². The summed E-state index contributed by atoms with van der Waals surface area (Å²) in [5, 5.41) is 4.55. The van der Waals surface area contributed by atoms with Crippen molar-refractivity contribution in [1.29, 1.82) is 0 Å². The molecule has 7 heteroatoms. The Morgan fingerprint density at radius 1 is 1.40 bits per heavy atom. The number of nitrogens with two attached hydrogens (primary N) is 1. The lowest BCUT2D eigenvalue weighted by molar-refractivity contribution is -0.164. The van der Waals surface area contributed by atoms with E-state index >= 15 is 0 Å². The number of aliphatic imine (C=N–C) groups is 1. The first-order chi connectivity index (χ1) is 11.5. The average Bonchev–Trinajstić information content (AvgIpc) is 2.88. The van der Waals surface area contributed by atoms with Crippen molar-refractivity contribution < 1.29 is 4.74 Å². The molecule has 0 amide bonds. The fourth-order valence-electron chi connectivity index (χ4n) is 4.73. The molecule has 4 rings (SSSR count). The van der Waals surface area contributed by atoms with Crippen molar-refractivity contribution in [3.63, 3.8) is 0 Å². The molecule has 1 spiro atoms. The third-order valence-corrected chi connectivity index (χ3v) is 6.62. The molecule has 2 aliphatic carbocycles. The molecule has 0 radical (unpaired) electrons. The zero-order chi connectivity index (χ0) is 16.9. The van der Waals surface area contributed by atoms with Crippen molar-refractivity contribution in [2.24, 2.45) is 22.1 Å². The molecule has 2 saturated carbocycles. The molecule has 0 bridgehead atoms. The van der Waals surface area contributed by atoms with E-state index in [4.69, 9.17) is 38.7 Å².